The molecule has 0 aliphatic carbocycles. The Morgan fingerprint density at radius 3 is 1.34 bits per heavy atom. The lowest BCUT2D eigenvalue weighted by molar-refractivity contribution is -0.167. The number of esters is 3. The molecule has 1 unspecified atom stereocenters. The summed E-state index contributed by atoms with van der Waals surface area (Å²) in [7, 11) is 0. The number of ether oxygens (including phenoxy) is 3. The van der Waals surface area contributed by atoms with Gasteiger partial charge in [0.25, 0.3) is 0 Å². The summed E-state index contributed by atoms with van der Waals surface area (Å²) in [6.07, 6.45) is 52.5. The van der Waals surface area contributed by atoms with Gasteiger partial charge in [0.1, 0.15) is 13.2 Å². The van der Waals surface area contributed by atoms with Crippen LogP contribution in [-0.4, -0.2) is 37.2 Å². The van der Waals surface area contributed by atoms with Crippen LogP contribution in [0.5, 0.6) is 0 Å². The fraction of sp³-hybridized carbons (Fsp3) is 0.596. The van der Waals surface area contributed by atoms with Gasteiger partial charge in [0.15, 0.2) is 6.10 Å². The number of carbonyl (C=O) groups excluding carboxylic acids is 3. The third-order valence-electron chi connectivity index (χ3n) is 8.20. The van der Waals surface area contributed by atoms with Crippen molar-refractivity contribution in [1.82, 2.24) is 0 Å². The molecular weight excluding hydrogens is 661 g/mol. The molecule has 0 fully saturated rings. The van der Waals surface area contributed by atoms with E-state index in [1.54, 1.807) is 0 Å². The molecule has 298 valence electrons. The Bertz CT molecular complexity index is 1120. The van der Waals surface area contributed by atoms with Crippen LogP contribution >= 0.6 is 0 Å². The van der Waals surface area contributed by atoms with Crippen molar-refractivity contribution in [2.45, 2.75) is 168 Å². The maximum Gasteiger partial charge on any atom is 0.306 e. The van der Waals surface area contributed by atoms with Crippen molar-refractivity contribution in [3.8, 4) is 0 Å². The predicted octanol–water partition coefficient (Wildman–Crippen LogP) is 13.1. The number of allylic oxidation sites excluding steroid dienone is 16. The summed E-state index contributed by atoms with van der Waals surface area (Å²) in [6.45, 7) is 6.26. The molecule has 0 aromatic rings. The number of hydrogen-bond donors (Lipinski definition) is 0. The lowest BCUT2D eigenvalue weighted by Gasteiger charge is -2.18. The van der Waals surface area contributed by atoms with Crippen molar-refractivity contribution in [3.63, 3.8) is 0 Å². The van der Waals surface area contributed by atoms with Gasteiger partial charge in [-0.25, -0.2) is 0 Å². The highest BCUT2D eigenvalue weighted by molar-refractivity contribution is 5.71. The number of rotatable bonds is 35. The van der Waals surface area contributed by atoms with Crippen LogP contribution in [0.1, 0.15) is 162 Å². The van der Waals surface area contributed by atoms with Crippen LogP contribution in [0.25, 0.3) is 0 Å². The average Bonchev–Trinajstić information content (AvgIpc) is 3.15. The number of unbranched alkanes of at least 4 members (excludes halogenated alkanes) is 13. The van der Waals surface area contributed by atoms with Gasteiger partial charge in [0, 0.05) is 19.3 Å². The minimum Gasteiger partial charge on any atom is -0.462 e. The summed E-state index contributed by atoms with van der Waals surface area (Å²) in [5.41, 5.74) is 0. The van der Waals surface area contributed by atoms with Crippen LogP contribution in [0.2, 0.25) is 0 Å². The normalized spacial score (nSPS) is 13.0. The van der Waals surface area contributed by atoms with Gasteiger partial charge in [0.05, 0.1) is 0 Å². The second-order valence-corrected chi connectivity index (χ2v) is 13.3. The maximum atomic E-state index is 12.6. The Balaban J connectivity index is 4.58. The Morgan fingerprint density at radius 2 is 0.774 bits per heavy atom. The van der Waals surface area contributed by atoms with E-state index in [1.165, 1.54) is 38.5 Å². The molecule has 0 radical (unpaired) electrons. The highest BCUT2D eigenvalue weighted by atomic mass is 16.6. The standard InChI is InChI=1S/C47H74O6/c1-4-7-10-13-16-19-22-23-26-28-31-34-37-40-46(49)52-43-44(53-47(50)41-38-35-32-29-25-21-18-15-12-9-6-3)42-51-45(48)39-36-33-30-27-24-20-17-14-11-8-5-2/h7,10,13-19,21-23,25-26,28,31,44H,4-6,8-9,11-12,20,24,27,29-30,32-43H2,1-3H3/b10-7-,16-13-,17-14-,18-15-,22-19-,25-21-,26-23-,31-28-. The Morgan fingerprint density at radius 1 is 0.396 bits per heavy atom. The van der Waals surface area contributed by atoms with E-state index in [-0.39, 0.29) is 44.0 Å². The topological polar surface area (TPSA) is 78.9 Å². The quantitative estimate of drug-likeness (QED) is 0.0212. The van der Waals surface area contributed by atoms with Gasteiger partial charge < -0.3 is 14.2 Å². The molecule has 0 rings (SSSR count). The molecule has 6 nitrogen and oxygen atoms in total. The van der Waals surface area contributed by atoms with Gasteiger partial charge in [0.2, 0.25) is 0 Å². The van der Waals surface area contributed by atoms with Crippen LogP contribution in [0.3, 0.4) is 0 Å². The van der Waals surface area contributed by atoms with E-state index in [0.29, 0.717) is 19.3 Å². The van der Waals surface area contributed by atoms with Crippen molar-refractivity contribution in [2.24, 2.45) is 0 Å². The zero-order chi connectivity index (χ0) is 38.7. The van der Waals surface area contributed by atoms with Crippen LogP contribution in [0, 0.1) is 0 Å². The lowest BCUT2D eigenvalue weighted by Crippen LogP contribution is -2.30. The van der Waals surface area contributed by atoms with Crippen molar-refractivity contribution in [2.75, 3.05) is 13.2 Å². The molecule has 0 aliphatic heterocycles. The third kappa shape index (κ3) is 39.4. The average molecular weight is 735 g/mol. The Hall–Kier alpha value is -3.67. The summed E-state index contributed by atoms with van der Waals surface area (Å²) >= 11 is 0. The zero-order valence-corrected chi connectivity index (χ0v) is 33.7. The second-order valence-electron chi connectivity index (χ2n) is 13.3. The fourth-order valence-electron chi connectivity index (χ4n) is 5.02. The molecular formula is C47H74O6. The van der Waals surface area contributed by atoms with Crippen LogP contribution in [0.15, 0.2) is 97.2 Å². The van der Waals surface area contributed by atoms with Crippen LogP contribution in [-0.2, 0) is 28.6 Å². The molecule has 0 saturated heterocycles. The molecule has 0 spiro atoms. The molecule has 0 bridgehead atoms. The van der Waals surface area contributed by atoms with Gasteiger partial charge in [-0.3, -0.25) is 14.4 Å². The molecule has 6 heteroatoms. The molecule has 0 aromatic heterocycles. The van der Waals surface area contributed by atoms with E-state index in [0.717, 1.165) is 70.6 Å². The van der Waals surface area contributed by atoms with Gasteiger partial charge in [-0.1, -0.05) is 169 Å². The summed E-state index contributed by atoms with van der Waals surface area (Å²) in [4.78, 5) is 37.5. The first-order valence-corrected chi connectivity index (χ1v) is 20.8. The van der Waals surface area contributed by atoms with Gasteiger partial charge in [-0.2, -0.15) is 0 Å². The van der Waals surface area contributed by atoms with Gasteiger partial charge >= 0.3 is 17.9 Å². The number of hydrogen-bond acceptors (Lipinski definition) is 6. The van der Waals surface area contributed by atoms with E-state index in [4.69, 9.17) is 14.2 Å². The molecule has 53 heavy (non-hydrogen) atoms. The fourth-order valence-corrected chi connectivity index (χ4v) is 5.02. The van der Waals surface area contributed by atoms with E-state index in [2.05, 4.69) is 63.3 Å². The molecule has 0 aliphatic rings. The maximum absolute atomic E-state index is 12.6. The van der Waals surface area contributed by atoms with Gasteiger partial charge in [-0.05, 0) is 70.6 Å². The first-order chi connectivity index (χ1) is 26.0. The van der Waals surface area contributed by atoms with E-state index in [9.17, 15) is 14.4 Å². The van der Waals surface area contributed by atoms with Crippen molar-refractivity contribution in [1.29, 1.82) is 0 Å². The highest BCUT2D eigenvalue weighted by Gasteiger charge is 2.19. The van der Waals surface area contributed by atoms with Crippen LogP contribution < -0.4 is 0 Å². The first kappa shape index (κ1) is 49.3. The molecule has 0 heterocycles. The molecule has 0 amide bonds. The van der Waals surface area contributed by atoms with E-state index >= 15 is 0 Å². The monoisotopic (exact) mass is 735 g/mol. The summed E-state index contributed by atoms with van der Waals surface area (Å²) < 4.78 is 16.5. The summed E-state index contributed by atoms with van der Waals surface area (Å²) in [5.74, 6) is -1.05. The predicted molar refractivity (Wildman–Crippen MR) is 224 cm³/mol. The van der Waals surface area contributed by atoms with Crippen LogP contribution in [0.4, 0.5) is 0 Å². The first-order valence-electron chi connectivity index (χ1n) is 20.8. The minimum atomic E-state index is -0.821. The van der Waals surface area contributed by atoms with E-state index in [1.807, 2.05) is 54.7 Å². The number of carbonyl (C=O) groups is 3. The molecule has 0 N–H and O–H groups in total. The molecule has 0 saturated carbocycles. The largest absolute Gasteiger partial charge is 0.462 e. The summed E-state index contributed by atoms with van der Waals surface area (Å²) in [5, 5.41) is 0. The van der Waals surface area contributed by atoms with Crippen molar-refractivity contribution < 1.29 is 28.6 Å². The summed E-state index contributed by atoms with van der Waals surface area (Å²) in [6, 6.07) is 0. The highest BCUT2D eigenvalue weighted by Crippen LogP contribution is 2.11. The van der Waals surface area contributed by atoms with Crippen molar-refractivity contribution in [3.05, 3.63) is 97.2 Å². The molecule has 1 atom stereocenters. The Kier molecular flexibility index (Phi) is 38.2. The lowest BCUT2D eigenvalue weighted by atomic mass is 10.1. The van der Waals surface area contributed by atoms with Gasteiger partial charge in [-0.15, -0.1) is 0 Å². The second kappa shape index (κ2) is 41.1. The smallest absolute Gasteiger partial charge is 0.306 e. The van der Waals surface area contributed by atoms with E-state index < -0.39 is 6.10 Å². The molecule has 0 aromatic carbocycles. The SMILES string of the molecule is CC\C=C/C=C\C=C/C=C\C=C/CCCC(=O)OCC(COC(=O)CCCCCCC/C=C\CCCC)OC(=O)CCCCC/C=C\C=C/CCCC. The minimum absolute atomic E-state index is 0.118. The third-order valence-corrected chi connectivity index (χ3v) is 8.20. The zero-order valence-electron chi connectivity index (χ0n) is 33.7. The van der Waals surface area contributed by atoms with Crippen molar-refractivity contribution >= 4 is 17.9 Å². The Labute approximate surface area is 324 Å².